The van der Waals surface area contributed by atoms with Gasteiger partial charge in [-0.2, -0.15) is 0 Å². The van der Waals surface area contributed by atoms with Crippen LogP contribution in [-0.4, -0.2) is 22.2 Å². The molecule has 0 bridgehead atoms. The predicted molar refractivity (Wildman–Crippen MR) is 96.6 cm³/mol. The summed E-state index contributed by atoms with van der Waals surface area (Å²) in [5.74, 6) is -2.09. The summed E-state index contributed by atoms with van der Waals surface area (Å²) in [5, 5.41) is 20.8. The van der Waals surface area contributed by atoms with Crippen molar-refractivity contribution in [3.63, 3.8) is 0 Å². The number of aromatic carboxylic acids is 2. The van der Waals surface area contributed by atoms with E-state index in [2.05, 4.69) is 0 Å². The van der Waals surface area contributed by atoms with Crippen LogP contribution in [0, 0.1) is 0 Å². The Labute approximate surface area is 144 Å². The van der Waals surface area contributed by atoms with E-state index in [4.69, 9.17) is 0 Å². The molecule has 0 saturated heterocycles. The average Bonchev–Trinajstić information content (AvgIpc) is 3.12. The molecule has 2 aromatic carbocycles. The van der Waals surface area contributed by atoms with E-state index < -0.39 is 11.9 Å². The van der Waals surface area contributed by atoms with Gasteiger partial charge in [-0.1, -0.05) is 36.4 Å². The number of benzene rings is 2. The zero-order valence-electron chi connectivity index (χ0n) is 12.1. The lowest BCUT2D eigenvalue weighted by Gasteiger charge is -2.03. The molecule has 4 rings (SSSR count). The first-order valence-corrected chi connectivity index (χ1v) is 8.71. The normalized spacial score (nSPS) is 11.2. The number of rotatable bonds is 3. The molecule has 4 nitrogen and oxygen atoms in total. The minimum absolute atomic E-state index is 0.169. The summed E-state index contributed by atoms with van der Waals surface area (Å²) >= 11 is 2.34. The lowest BCUT2D eigenvalue weighted by Crippen LogP contribution is -1.99. The molecule has 6 heteroatoms. The van der Waals surface area contributed by atoms with Crippen molar-refractivity contribution in [1.82, 2.24) is 0 Å². The van der Waals surface area contributed by atoms with E-state index in [0.717, 1.165) is 20.2 Å². The molecule has 0 aliphatic carbocycles. The van der Waals surface area contributed by atoms with Crippen LogP contribution in [0.4, 0.5) is 0 Å². The summed E-state index contributed by atoms with van der Waals surface area (Å²) < 4.78 is 1.66. The topological polar surface area (TPSA) is 74.6 Å². The van der Waals surface area contributed by atoms with Crippen molar-refractivity contribution in [3.05, 3.63) is 58.3 Å². The molecule has 0 aliphatic rings. The van der Waals surface area contributed by atoms with Crippen LogP contribution >= 0.6 is 22.7 Å². The zero-order chi connectivity index (χ0) is 16.8. The molecule has 0 fully saturated rings. The summed E-state index contributed by atoms with van der Waals surface area (Å²) in [6.07, 6.45) is 0. The highest BCUT2D eigenvalue weighted by atomic mass is 32.1. The van der Waals surface area contributed by atoms with Crippen LogP contribution in [0.5, 0.6) is 0 Å². The molecule has 0 atom stereocenters. The van der Waals surface area contributed by atoms with Gasteiger partial charge in [0.2, 0.25) is 0 Å². The third kappa shape index (κ3) is 2.11. The molecule has 118 valence electrons. The quantitative estimate of drug-likeness (QED) is 0.531. The van der Waals surface area contributed by atoms with Crippen LogP contribution in [0.1, 0.15) is 19.3 Å². The second-order valence-corrected chi connectivity index (χ2v) is 7.32. The van der Waals surface area contributed by atoms with E-state index in [0.29, 0.717) is 11.1 Å². The Balaban J connectivity index is 2.21. The summed E-state index contributed by atoms with van der Waals surface area (Å²) in [5.41, 5.74) is 0.996. The van der Waals surface area contributed by atoms with Gasteiger partial charge in [-0.3, -0.25) is 0 Å². The smallest absolute Gasteiger partial charge is 0.346 e. The minimum atomic E-state index is -1.04. The molecule has 4 aromatic rings. The van der Waals surface area contributed by atoms with Gasteiger partial charge >= 0.3 is 11.9 Å². The third-order valence-electron chi connectivity index (χ3n) is 3.83. The van der Waals surface area contributed by atoms with E-state index in [-0.39, 0.29) is 9.75 Å². The Hall–Kier alpha value is -2.70. The fraction of sp³-hybridized carbons (Fsp3) is 0. The number of fused-ring (bicyclic) bond motifs is 2. The number of carbonyl (C=O) groups is 2. The summed E-state index contributed by atoms with van der Waals surface area (Å²) in [7, 11) is 0. The molecule has 2 N–H and O–H groups in total. The summed E-state index contributed by atoms with van der Waals surface area (Å²) in [6.45, 7) is 0. The van der Waals surface area contributed by atoms with Crippen molar-refractivity contribution in [1.29, 1.82) is 0 Å². The highest BCUT2D eigenvalue weighted by Gasteiger charge is 2.26. The van der Waals surface area contributed by atoms with Crippen LogP contribution < -0.4 is 0 Å². The van der Waals surface area contributed by atoms with Gasteiger partial charge in [-0.05, 0) is 12.1 Å². The lowest BCUT2D eigenvalue weighted by molar-refractivity contribution is 0.0690. The maximum atomic E-state index is 11.8. The second kappa shape index (κ2) is 5.43. The van der Waals surface area contributed by atoms with E-state index in [9.17, 15) is 19.8 Å². The van der Waals surface area contributed by atoms with Gasteiger partial charge in [0, 0.05) is 31.3 Å². The fourth-order valence-electron chi connectivity index (χ4n) is 2.89. The van der Waals surface area contributed by atoms with E-state index >= 15 is 0 Å². The van der Waals surface area contributed by atoms with Gasteiger partial charge in [-0.25, -0.2) is 9.59 Å². The van der Waals surface area contributed by atoms with Gasteiger partial charge in [0.25, 0.3) is 0 Å². The lowest BCUT2D eigenvalue weighted by atomic mass is 9.98. The van der Waals surface area contributed by atoms with Crippen molar-refractivity contribution in [3.8, 4) is 11.1 Å². The number of carboxylic acid groups (broad SMARTS) is 2. The Morgan fingerprint density at radius 3 is 1.42 bits per heavy atom. The van der Waals surface area contributed by atoms with Crippen molar-refractivity contribution < 1.29 is 19.8 Å². The highest BCUT2D eigenvalue weighted by molar-refractivity contribution is 7.22. The Kier molecular flexibility index (Phi) is 3.37. The molecule has 0 radical (unpaired) electrons. The monoisotopic (exact) mass is 354 g/mol. The van der Waals surface area contributed by atoms with Gasteiger partial charge in [0.05, 0.1) is 0 Å². The molecule has 2 aromatic heterocycles. The van der Waals surface area contributed by atoms with E-state index in [1.807, 2.05) is 48.5 Å². The van der Waals surface area contributed by atoms with Crippen LogP contribution in [0.3, 0.4) is 0 Å². The van der Waals surface area contributed by atoms with Crippen LogP contribution in [0.25, 0.3) is 31.3 Å². The maximum Gasteiger partial charge on any atom is 0.346 e. The summed E-state index contributed by atoms with van der Waals surface area (Å²) in [6, 6.07) is 14.7. The molecule has 0 spiro atoms. The van der Waals surface area contributed by atoms with Gasteiger partial charge in [-0.15, -0.1) is 22.7 Å². The first-order valence-electron chi connectivity index (χ1n) is 7.08. The van der Waals surface area contributed by atoms with Crippen LogP contribution in [0.15, 0.2) is 48.5 Å². The fourth-order valence-corrected chi connectivity index (χ4v) is 4.98. The standard InChI is InChI=1S/C18H10O4S2/c19-17(20)15-13(9-5-1-3-7-11(9)23-15)14-10-6-2-4-8-12(10)24-16(14)18(21)22/h1-8H,(H,19,20)(H,21,22). The third-order valence-corrected chi connectivity index (χ3v) is 6.15. The SMILES string of the molecule is O=C(O)c1sc2ccccc2c1-c1c(C(=O)O)sc2ccccc12. The largest absolute Gasteiger partial charge is 0.477 e. The number of carboxylic acids is 2. The van der Waals surface area contributed by atoms with Crippen LogP contribution in [0.2, 0.25) is 0 Å². The molecule has 0 saturated carbocycles. The van der Waals surface area contributed by atoms with E-state index in [1.165, 1.54) is 22.7 Å². The molecule has 0 amide bonds. The highest BCUT2D eigenvalue weighted by Crippen LogP contribution is 2.46. The zero-order valence-corrected chi connectivity index (χ0v) is 13.8. The number of hydrogen-bond donors (Lipinski definition) is 2. The molecule has 0 unspecified atom stereocenters. The van der Waals surface area contributed by atoms with Crippen molar-refractivity contribution in [2.75, 3.05) is 0 Å². The van der Waals surface area contributed by atoms with Gasteiger partial charge < -0.3 is 10.2 Å². The number of hydrogen-bond acceptors (Lipinski definition) is 4. The maximum absolute atomic E-state index is 11.8. The molecule has 24 heavy (non-hydrogen) atoms. The molecule has 2 heterocycles. The molecular weight excluding hydrogens is 344 g/mol. The number of thiophene rings is 2. The van der Waals surface area contributed by atoms with Gasteiger partial charge in [0.15, 0.2) is 0 Å². The second-order valence-electron chi connectivity index (χ2n) is 5.21. The Bertz CT molecular complexity index is 1030. The van der Waals surface area contributed by atoms with Crippen molar-refractivity contribution in [2.24, 2.45) is 0 Å². The van der Waals surface area contributed by atoms with E-state index in [1.54, 1.807) is 0 Å². The Morgan fingerprint density at radius 1 is 0.667 bits per heavy atom. The van der Waals surface area contributed by atoms with Crippen LogP contribution in [-0.2, 0) is 0 Å². The average molecular weight is 354 g/mol. The summed E-state index contributed by atoms with van der Waals surface area (Å²) in [4.78, 5) is 23.9. The predicted octanol–water partition coefficient (Wildman–Crippen LogP) is 5.18. The van der Waals surface area contributed by atoms with Crippen molar-refractivity contribution >= 4 is 54.8 Å². The molecule has 0 aliphatic heterocycles. The minimum Gasteiger partial charge on any atom is -0.477 e. The first-order chi connectivity index (χ1) is 11.6. The first kappa shape index (κ1) is 14.9. The van der Waals surface area contributed by atoms with Crippen molar-refractivity contribution in [2.45, 2.75) is 0 Å². The van der Waals surface area contributed by atoms with Gasteiger partial charge in [0.1, 0.15) is 9.75 Å². The Morgan fingerprint density at radius 2 is 1.04 bits per heavy atom. The molecular formula is C18H10O4S2.